The first-order valence-corrected chi connectivity index (χ1v) is 8.73. The predicted molar refractivity (Wildman–Crippen MR) is 92.1 cm³/mol. The first-order valence-electron chi connectivity index (χ1n) is 8.73. The number of hydrogen-bond acceptors (Lipinski definition) is 6. The number of ether oxygens (including phenoxy) is 2. The van der Waals surface area contributed by atoms with Gasteiger partial charge >= 0.3 is 5.97 Å². The number of amides is 1. The predicted octanol–water partition coefficient (Wildman–Crippen LogP) is -0.271. The summed E-state index contributed by atoms with van der Waals surface area (Å²) in [5, 5.41) is 12.3. The lowest BCUT2D eigenvalue weighted by Gasteiger charge is -2.44. The molecule has 1 aliphatic heterocycles. The Morgan fingerprint density at radius 2 is 2.20 bits per heavy atom. The van der Waals surface area contributed by atoms with E-state index in [1.165, 1.54) is 6.92 Å². The largest absolute Gasteiger partial charge is 0.478 e. The lowest BCUT2D eigenvalue weighted by atomic mass is 9.85. The number of hydrogen-bond donors (Lipinski definition) is 3. The minimum Gasteiger partial charge on any atom is -0.478 e. The second-order valence-corrected chi connectivity index (χ2v) is 6.70. The molecule has 2 unspecified atom stereocenters. The van der Waals surface area contributed by atoms with Gasteiger partial charge in [-0.1, -0.05) is 6.08 Å². The van der Waals surface area contributed by atoms with Crippen LogP contribution in [0.3, 0.4) is 0 Å². The van der Waals surface area contributed by atoms with Gasteiger partial charge in [-0.25, -0.2) is 4.79 Å². The summed E-state index contributed by atoms with van der Waals surface area (Å²) >= 11 is 0. The minimum absolute atomic E-state index is 0.0710. The Morgan fingerprint density at radius 1 is 1.44 bits per heavy atom. The van der Waals surface area contributed by atoms with Crippen molar-refractivity contribution in [3.63, 3.8) is 0 Å². The first-order chi connectivity index (χ1) is 11.9. The number of rotatable bonds is 7. The highest BCUT2D eigenvalue weighted by Crippen LogP contribution is 2.26. The van der Waals surface area contributed by atoms with Gasteiger partial charge < -0.3 is 25.6 Å². The van der Waals surface area contributed by atoms with Gasteiger partial charge in [0.05, 0.1) is 31.4 Å². The number of likely N-dealkylation sites (tertiary alicyclic amines) is 1. The average molecular weight is 355 g/mol. The smallest absolute Gasteiger partial charge is 0.331 e. The van der Waals surface area contributed by atoms with Gasteiger partial charge in [-0.3, -0.25) is 9.69 Å². The van der Waals surface area contributed by atoms with E-state index in [0.717, 1.165) is 19.4 Å². The molecule has 0 aromatic rings. The van der Waals surface area contributed by atoms with Crippen molar-refractivity contribution in [1.29, 1.82) is 0 Å². The molecule has 4 N–H and O–H groups in total. The van der Waals surface area contributed by atoms with Gasteiger partial charge in [0.1, 0.15) is 0 Å². The third-order valence-corrected chi connectivity index (χ3v) is 4.77. The molecule has 142 valence electrons. The lowest BCUT2D eigenvalue weighted by Crippen LogP contribution is -2.62. The normalized spacial score (nSPS) is 30.6. The second-order valence-electron chi connectivity index (χ2n) is 6.70. The standard InChI is InChI=1S/C17H29N3O5/c1-11(21)19-16-14(18)8-12(17(22)23)9-15(16)20-5-3-4-13(10-20)25-7-6-24-2/h9,13-16H,3-8,10,18H2,1-2H3,(H,19,21)(H,22,23)/t13?,14-,15?,16+/m0/s1. The van der Waals surface area contributed by atoms with Crippen LogP contribution in [0.1, 0.15) is 26.2 Å². The number of methoxy groups -OCH3 is 1. The summed E-state index contributed by atoms with van der Waals surface area (Å²) in [6.45, 7) is 4.03. The molecule has 0 saturated carbocycles. The molecular weight excluding hydrogens is 326 g/mol. The Labute approximate surface area is 148 Å². The molecule has 1 fully saturated rings. The maximum absolute atomic E-state index is 11.6. The molecule has 2 rings (SSSR count). The van der Waals surface area contributed by atoms with Gasteiger partial charge in [0.15, 0.2) is 0 Å². The fourth-order valence-electron chi connectivity index (χ4n) is 3.60. The molecule has 0 spiro atoms. The number of carboxylic acids is 1. The summed E-state index contributed by atoms with van der Waals surface area (Å²) in [7, 11) is 1.64. The van der Waals surface area contributed by atoms with E-state index in [9.17, 15) is 14.7 Å². The van der Waals surface area contributed by atoms with Crippen LogP contribution in [-0.2, 0) is 19.1 Å². The van der Waals surface area contributed by atoms with Crippen molar-refractivity contribution in [2.75, 3.05) is 33.4 Å². The van der Waals surface area contributed by atoms with Crippen LogP contribution in [0, 0.1) is 0 Å². The summed E-state index contributed by atoms with van der Waals surface area (Å²) in [5.74, 6) is -1.12. The molecule has 1 heterocycles. The number of piperidine rings is 1. The summed E-state index contributed by atoms with van der Waals surface area (Å²) < 4.78 is 10.9. The fraction of sp³-hybridized carbons (Fsp3) is 0.765. The van der Waals surface area contributed by atoms with E-state index in [-0.39, 0.29) is 30.5 Å². The summed E-state index contributed by atoms with van der Waals surface area (Å²) in [6, 6.07) is -0.981. The Hall–Kier alpha value is -1.48. The van der Waals surface area contributed by atoms with Crippen LogP contribution in [0.25, 0.3) is 0 Å². The van der Waals surface area contributed by atoms with Crippen LogP contribution in [0.5, 0.6) is 0 Å². The van der Waals surface area contributed by atoms with Crippen molar-refractivity contribution in [3.8, 4) is 0 Å². The van der Waals surface area contributed by atoms with Crippen molar-refractivity contribution in [1.82, 2.24) is 10.2 Å². The molecule has 0 aromatic heterocycles. The molecule has 25 heavy (non-hydrogen) atoms. The molecule has 0 bridgehead atoms. The Balaban J connectivity index is 2.13. The fourth-order valence-corrected chi connectivity index (χ4v) is 3.60. The van der Waals surface area contributed by atoms with Gasteiger partial charge in [0.25, 0.3) is 0 Å². The molecule has 8 nitrogen and oxygen atoms in total. The van der Waals surface area contributed by atoms with E-state index in [1.807, 2.05) is 0 Å². The van der Waals surface area contributed by atoms with Crippen molar-refractivity contribution in [2.45, 2.75) is 50.4 Å². The molecule has 0 radical (unpaired) electrons. The van der Waals surface area contributed by atoms with Gasteiger partial charge in [-0.15, -0.1) is 0 Å². The van der Waals surface area contributed by atoms with Crippen molar-refractivity contribution in [3.05, 3.63) is 11.6 Å². The average Bonchev–Trinajstić information content (AvgIpc) is 2.56. The summed E-state index contributed by atoms with van der Waals surface area (Å²) in [4.78, 5) is 25.2. The number of carbonyl (C=O) groups is 2. The van der Waals surface area contributed by atoms with Crippen LogP contribution in [0.4, 0.5) is 0 Å². The maximum Gasteiger partial charge on any atom is 0.331 e. The maximum atomic E-state index is 11.6. The molecule has 0 aromatic carbocycles. The van der Waals surface area contributed by atoms with E-state index in [2.05, 4.69) is 10.2 Å². The van der Waals surface area contributed by atoms with Gasteiger partial charge in [-0.05, 0) is 25.8 Å². The Kier molecular flexibility index (Phi) is 7.37. The molecule has 2 aliphatic rings. The SMILES string of the molecule is COCCOC1CCCN(C2C=C(C(=O)O)C[C@H](N)[C@H]2NC(C)=O)C1. The van der Waals surface area contributed by atoms with Crippen molar-refractivity contribution >= 4 is 11.9 Å². The van der Waals surface area contributed by atoms with E-state index >= 15 is 0 Å². The first kappa shape index (κ1) is 19.8. The van der Waals surface area contributed by atoms with Crippen LogP contribution >= 0.6 is 0 Å². The lowest BCUT2D eigenvalue weighted by molar-refractivity contribution is -0.133. The number of aliphatic carboxylic acids is 1. The third-order valence-electron chi connectivity index (χ3n) is 4.77. The summed E-state index contributed by atoms with van der Waals surface area (Å²) in [5.41, 5.74) is 6.50. The zero-order valence-electron chi connectivity index (χ0n) is 14.9. The van der Waals surface area contributed by atoms with Crippen molar-refractivity contribution < 1.29 is 24.2 Å². The number of nitrogens with zero attached hydrogens (tertiary/aromatic N) is 1. The highest BCUT2D eigenvalue weighted by atomic mass is 16.5. The van der Waals surface area contributed by atoms with Gasteiger partial charge in [-0.2, -0.15) is 0 Å². The van der Waals surface area contributed by atoms with Crippen LogP contribution in [-0.4, -0.2) is 79.5 Å². The highest BCUT2D eigenvalue weighted by Gasteiger charge is 2.38. The van der Waals surface area contributed by atoms with E-state index in [1.54, 1.807) is 13.2 Å². The monoisotopic (exact) mass is 355 g/mol. The number of carboxylic acid groups (broad SMARTS) is 1. The zero-order chi connectivity index (χ0) is 18.4. The van der Waals surface area contributed by atoms with Gasteiger partial charge in [0.2, 0.25) is 5.91 Å². The quantitative estimate of drug-likeness (QED) is 0.539. The molecule has 1 amide bonds. The second kappa shape index (κ2) is 9.28. The molecule has 1 saturated heterocycles. The van der Waals surface area contributed by atoms with E-state index in [4.69, 9.17) is 15.2 Å². The third kappa shape index (κ3) is 5.50. The van der Waals surface area contributed by atoms with E-state index < -0.39 is 12.0 Å². The van der Waals surface area contributed by atoms with Crippen LogP contribution in [0.15, 0.2) is 11.6 Å². The molecule has 1 aliphatic carbocycles. The Morgan fingerprint density at radius 3 is 2.84 bits per heavy atom. The molecule has 4 atom stereocenters. The highest BCUT2D eigenvalue weighted by molar-refractivity contribution is 5.87. The molecule has 8 heteroatoms. The van der Waals surface area contributed by atoms with Crippen molar-refractivity contribution in [2.24, 2.45) is 5.73 Å². The molecular formula is C17H29N3O5. The zero-order valence-corrected chi connectivity index (χ0v) is 14.9. The number of nitrogens with one attached hydrogen (secondary N) is 1. The van der Waals surface area contributed by atoms with Gasteiger partial charge in [0, 0.05) is 32.2 Å². The van der Waals surface area contributed by atoms with E-state index in [0.29, 0.717) is 25.3 Å². The summed E-state index contributed by atoms with van der Waals surface area (Å²) in [6.07, 6.45) is 3.97. The number of carbonyl (C=O) groups excluding carboxylic acids is 1. The number of nitrogens with two attached hydrogens (primary N) is 1. The van der Waals surface area contributed by atoms with Crippen LogP contribution in [0.2, 0.25) is 0 Å². The van der Waals surface area contributed by atoms with Crippen LogP contribution < -0.4 is 11.1 Å². The topological polar surface area (TPSA) is 114 Å². The Bertz CT molecular complexity index is 511. The minimum atomic E-state index is -0.952.